The summed E-state index contributed by atoms with van der Waals surface area (Å²) in [4.78, 5) is -0.204. The fraction of sp³-hybridized carbons (Fsp3) is 0.0455. The van der Waals surface area contributed by atoms with Crippen LogP contribution in [0, 0.1) is 0 Å². The summed E-state index contributed by atoms with van der Waals surface area (Å²) in [5, 5.41) is 28.2. The standard InChI is InChI=1S/C22H16F3N3O4S/c23-22(24,25)21-19(13-1-7-16(29)8-2-13)20(14-3-11-18(12-4-14)33(26,31)32)28(27-21)15-5-9-17(30)10-6-15/h1-12,29-30H,(H2,26,31,32). The maximum absolute atomic E-state index is 14.1. The molecule has 0 amide bonds. The monoisotopic (exact) mass is 475 g/mol. The highest BCUT2D eigenvalue weighted by Crippen LogP contribution is 2.44. The van der Waals surface area contributed by atoms with Crippen molar-refractivity contribution in [2.75, 3.05) is 0 Å². The van der Waals surface area contributed by atoms with E-state index in [0.29, 0.717) is 0 Å². The first-order valence-corrected chi connectivity index (χ1v) is 10.9. The molecule has 3 aromatic carbocycles. The number of phenolic OH excluding ortho intramolecular Hbond substituents is 2. The van der Waals surface area contributed by atoms with Crippen LogP contribution in [0.2, 0.25) is 0 Å². The average Bonchev–Trinajstić information content (AvgIpc) is 3.15. The highest BCUT2D eigenvalue weighted by Gasteiger charge is 2.40. The van der Waals surface area contributed by atoms with Crippen molar-refractivity contribution in [1.82, 2.24) is 9.78 Å². The van der Waals surface area contributed by atoms with Crippen molar-refractivity contribution in [3.8, 4) is 39.6 Å². The number of benzene rings is 3. The minimum absolute atomic E-state index is 0.0275. The van der Waals surface area contributed by atoms with E-state index in [-0.39, 0.29) is 44.5 Å². The Bertz CT molecular complexity index is 1410. The molecule has 0 fully saturated rings. The predicted octanol–water partition coefficient (Wildman–Crippen LogP) is 4.28. The molecule has 0 spiro atoms. The maximum Gasteiger partial charge on any atom is 0.435 e. The van der Waals surface area contributed by atoms with Gasteiger partial charge < -0.3 is 10.2 Å². The lowest BCUT2D eigenvalue weighted by Crippen LogP contribution is -2.11. The van der Waals surface area contributed by atoms with Gasteiger partial charge in [-0.1, -0.05) is 24.3 Å². The minimum atomic E-state index is -4.83. The van der Waals surface area contributed by atoms with Crippen molar-refractivity contribution in [2.24, 2.45) is 5.14 Å². The number of nitrogens with two attached hydrogens (primary N) is 1. The topological polar surface area (TPSA) is 118 Å². The number of nitrogens with zero attached hydrogens (tertiary/aromatic N) is 2. The van der Waals surface area contributed by atoms with E-state index in [2.05, 4.69) is 5.10 Å². The second-order valence-corrected chi connectivity index (χ2v) is 8.68. The van der Waals surface area contributed by atoms with Gasteiger partial charge in [0.25, 0.3) is 0 Å². The molecule has 0 atom stereocenters. The molecule has 0 aliphatic heterocycles. The zero-order valence-corrected chi connectivity index (χ0v) is 17.5. The first kappa shape index (κ1) is 22.4. The van der Waals surface area contributed by atoms with Crippen molar-refractivity contribution in [1.29, 1.82) is 0 Å². The summed E-state index contributed by atoms with van der Waals surface area (Å²) in [6.45, 7) is 0. The lowest BCUT2D eigenvalue weighted by atomic mass is 9.98. The summed E-state index contributed by atoms with van der Waals surface area (Å²) in [5.74, 6) is -0.211. The quantitative estimate of drug-likeness (QED) is 0.407. The van der Waals surface area contributed by atoms with E-state index in [1.165, 1.54) is 72.8 Å². The summed E-state index contributed by atoms with van der Waals surface area (Å²) in [6.07, 6.45) is -4.83. The molecule has 4 aromatic rings. The SMILES string of the molecule is NS(=O)(=O)c1ccc(-c2c(-c3ccc(O)cc3)c(C(F)(F)F)nn2-c2ccc(O)cc2)cc1. The molecule has 0 aliphatic rings. The molecule has 1 aromatic heterocycles. The largest absolute Gasteiger partial charge is 0.508 e. The van der Waals surface area contributed by atoms with Crippen LogP contribution in [0.25, 0.3) is 28.1 Å². The van der Waals surface area contributed by atoms with Gasteiger partial charge in [-0.15, -0.1) is 0 Å². The number of rotatable bonds is 4. The molecular weight excluding hydrogens is 459 g/mol. The molecule has 0 radical (unpaired) electrons. The van der Waals surface area contributed by atoms with Gasteiger partial charge in [-0.05, 0) is 54.1 Å². The molecule has 0 saturated heterocycles. The van der Waals surface area contributed by atoms with Crippen molar-refractivity contribution in [3.63, 3.8) is 0 Å². The van der Waals surface area contributed by atoms with Gasteiger partial charge in [-0.2, -0.15) is 18.3 Å². The molecule has 0 aliphatic carbocycles. The van der Waals surface area contributed by atoms with Crippen LogP contribution in [0.1, 0.15) is 5.69 Å². The van der Waals surface area contributed by atoms with Crippen molar-refractivity contribution < 1.29 is 31.8 Å². The Morgan fingerprint density at radius 2 is 1.27 bits per heavy atom. The van der Waals surface area contributed by atoms with Gasteiger partial charge in [-0.25, -0.2) is 18.2 Å². The van der Waals surface area contributed by atoms with Crippen LogP contribution in [0.15, 0.2) is 77.7 Å². The number of alkyl halides is 3. The molecule has 33 heavy (non-hydrogen) atoms. The second-order valence-electron chi connectivity index (χ2n) is 7.11. The molecular formula is C22H16F3N3O4S. The number of hydrogen-bond donors (Lipinski definition) is 3. The minimum Gasteiger partial charge on any atom is -0.508 e. The zero-order valence-electron chi connectivity index (χ0n) is 16.7. The van der Waals surface area contributed by atoms with Crippen LogP contribution >= 0.6 is 0 Å². The Labute approximate surface area is 186 Å². The van der Waals surface area contributed by atoms with Crippen LogP contribution < -0.4 is 5.14 Å². The average molecular weight is 475 g/mol. The van der Waals surface area contributed by atoms with Crippen LogP contribution in [-0.4, -0.2) is 28.4 Å². The van der Waals surface area contributed by atoms with E-state index in [9.17, 15) is 31.8 Å². The lowest BCUT2D eigenvalue weighted by Gasteiger charge is -2.12. The Balaban J connectivity index is 2.07. The van der Waals surface area contributed by atoms with Crippen LogP contribution in [0.5, 0.6) is 11.5 Å². The third-order valence-corrected chi connectivity index (χ3v) is 5.79. The van der Waals surface area contributed by atoms with Crippen molar-refractivity contribution >= 4 is 10.0 Å². The first-order valence-electron chi connectivity index (χ1n) is 9.37. The number of sulfonamides is 1. The second kappa shape index (κ2) is 7.94. The normalized spacial score (nSPS) is 12.1. The van der Waals surface area contributed by atoms with E-state index in [4.69, 9.17) is 5.14 Å². The number of aromatic hydroxyl groups is 2. The Hall–Kier alpha value is -3.83. The number of phenols is 2. The first-order chi connectivity index (χ1) is 15.4. The van der Waals surface area contributed by atoms with E-state index in [0.717, 1.165) is 4.68 Å². The highest BCUT2D eigenvalue weighted by atomic mass is 32.2. The molecule has 0 saturated carbocycles. The number of halogens is 3. The molecule has 0 bridgehead atoms. The summed E-state index contributed by atoms with van der Waals surface area (Å²) >= 11 is 0. The Morgan fingerprint density at radius 3 is 1.76 bits per heavy atom. The number of primary sulfonamides is 1. The Kier molecular flexibility index (Phi) is 5.38. The van der Waals surface area contributed by atoms with Gasteiger partial charge in [0.2, 0.25) is 10.0 Å². The van der Waals surface area contributed by atoms with Crippen molar-refractivity contribution in [2.45, 2.75) is 11.1 Å². The smallest absolute Gasteiger partial charge is 0.435 e. The Morgan fingerprint density at radius 1 is 0.788 bits per heavy atom. The fourth-order valence-electron chi connectivity index (χ4n) is 3.37. The van der Waals surface area contributed by atoms with E-state index in [1.807, 2.05) is 0 Å². The van der Waals surface area contributed by atoms with Gasteiger partial charge in [0.15, 0.2) is 5.69 Å². The summed E-state index contributed by atoms with van der Waals surface area (Å²) < 4.78 is 66.5. The van der Waals surface area contributed by atoms with E-state index < -0.39 is 21.9 Å². The molecule has 0 unspecified atom stereocenters. The van der Waals surface area contributed by atoms with Gasteiger partial charge >= 0.3 is 6.18 Å². The van der Waals surface area contributed by atoms with Gasteiger partial charge in [-0.3, -0.25) is 0 Å². The van der Waals surface area contributed by atoms with E-state index >= 15 is 0 Å². The maximum atomic E-state index is 14.1. The molecule has 170 valence electrons. The van der Waals surface area contributed by atoms with Crippen LogP contribution in [-0.2, 0) is 16.2 Å². The molecule has 1 heterocycles. The van der Waals surface area contributed by atoms with Gasteiger partial charge in [0.1, 0.15) is 11.5 Å². The summed E-state index contributed by atoms with van der Waals surface area (Å²) in [6, 6.07) is 15.6. The summed E-state index contributed by atoms with van der Waals surface area (Å²) in [7, 11) is -4.01. The van der Waals surface area contributed by atoms with Crippen molar-refractivity contribution in [3.05, 3.63) is 78.5 Å². The zero-order chi connectivity index (χ0) is 24.0. The lowest BCUT2D eigenvalue weighted by molar-refractivity contribution is -0.140. The molecule has 11 heteroatoms. The molecule has 4 rings (SSSR count). The molecule has 7 nitrogen and oxygen atoms in total. The predicted molar refractivity (Wildman–Crippen MR) is 114 cm³/mol. The highest BCUT2D eigenvalue weighted by molar-refractivity contribution is 7.89. The molecule has 4 N–H and O–H groups in total. The number of hydrogen-bond acceptors (Lipinski definition) is 5. The van der Waals surface area contributed by atoms with Crippen LogP contribution in [0.3, 0.4) is 0 Å². The number of aromatic nitrogens is 2. The third-order valence-electron chi connectivity index (χ3n) is 4.86. The summed E-state index contributed by atoms with van der Waals surface area (Å²) in [5.41, 5.74) is -0.809. The van der Waals surface area contributed by atoms with Gasteiger partial charge in [0, 0.05) is 11.1 Å². The fourth-order valence-corrected chi connectivity index (χ4v) is 3.88. The van der Waals surface area contributed by atoms with Gasteiger partial charge in [0.05, 0.1) is 16.3 Å². The van der Waals surface area contributed by atoms with Crippen LogP contribution in [0.4, 0.5) is 13.2 Å². The van der Waals surface area contributed by atoms with E-state index in [1.54, 1.807) is 0 Å². The third kappa shape index (κ3) is 4.41.